The summed E-state index contributed by atoms with van der Waals surface area (Å²) in [5.41, 5.74) is 0.573. The first kappa shape index (κ1) is 20.7. The zero-order chi connectivity index (χ0) is 21.0. The third-order valence-electron chi connectivity index (χ3n) is 5.19. The van der Waals surface area contributed by atoms with Crippen LogP contribution in [0.15, 0.2) is 40.3 Å². The summed E-state index contributed by atoms with van der Waals surface area (Å²) in [7, 11) is 0. The number of carbonyl (C=O) groups is 2. The second kappa shape index (κ2) is 8.97. The van der Waals surface area contributed by atoms with Crippen molar-refractivity contribution in [1.29, 1.82) is 5.26 Å². The summed E-state index contributed by atoms with van der Waals surface area (Å²) in [4.78, 5) is 23.6. The number of carboxylic acids is 1. The van der Waals surface area contributed by atoms with Crippen molar-refractivity contribution in [2.45, 2.75) is 38.6 Å². The summed E-state index contributed by atoms with van der Waals surface area (Å²) in [6.45, 7) is 2.11. The Morgan fingerprint density at radius 1 is 1.28 bits per heavy atom. The topological polar surface area (TPSA) is 103 Å². The number of carbonyl (C=O) groups excluding carboxylic acids is 1. The van der Waals surface area contributed by atoms with Crippen LogP contribution in [-0.2, 0) is 4.79 Å². The molecule has 0 spiro atoms. The van der Waals surface area contributed by atoms with Gasteiger partial charge in [0.25, 0.3) is 5.91 Å². The highest BCUT2D eigenvalue weighted by Gasteiger charge is 2.24. The molecular weight excluding hydrogens is 392 g/mol. The molecule has 7 heteroatoms. The first-order valence-corrected chi connectivity index (χ1v) is 9.82. The normalized spacial score (nSPS) is 19.4. The molecule has 0 saturated heterocycles. The van der Waals surface area contributed by atoms with Gasteiger partial charge in [0.15, 0.2) is 0 Å². The van der Waals surface area contributed by atoms with Crippen LogP contribution in [0.25, 0.3) is 17.4 Å². The highest BCUT2D eigenvalue weighted by molar-refractivity contribution is 6.33. The van der Waals surface area contributed by atoms with Gasteiger partial charge in [0.1, 0.15) is 23.2 Å². The lowest BCUT2D eigenvalue weighted by Crippen LogP contribution is -2.41. The van der Waals surface area contributed by atoms with Crippen LogP contribution in [0.2, 0.25) is 5.02 Å². The molecule has 1 amide bonds. The summed E-state index contributed by atoms with van der Waals surface area (Å²) in [6, 6.07) is 9.82. The van der Waals surface area contributed by atoms with Gasteiger partial charge < -0.3 is 14.8 Å². The van der Waals surface area contributed by atoms with Gasteiger partial charge in [-0.2, -0.15) is 5.26 Å². The second-order valence-corrected chi connectivity index (χ2v) is 7.62. The maximum atomic E-state index is 12.5. The van der Waals surface area contributed by atoms with Crippen molar-refractivity contribution in [2.24, 2.45) is 5.92 Å². The van der Waals surface area contributed by atoms with Gasteiger partial charge in [-0.1, -0.05) is 37.4 Å². The van der Waals surface area contributed by atoms with Crippen LogP contribution in [-0.4, -0.2) is 23.0 Å². The molecule has 1 aromatic carbocycles. The fourth-order valence-corrected chi connectivity index (χ4v) is 3.76. The fourth-order valence-electron chi connectivity index (χ4n) is 3.50. The maximum Gasteiger partial charge on any atom is 0.337 e. The van der Waals surface area contributed by atoms with Crippen LogP contribution in [0.4, 0.5) is 0 Å². The third-order valence-corrected chi connectivity index (χ3v) is 5.50. The van der Waals surface area contributed by atoms with Crippen molar-refractivity contribution in [3.05, 3.63) is 52.3 Å². The summed E-state index contributed by atoms with van der Waals surface area (Å²) in [6.07, 6.45) is 5.64. The number of hydrogen-bond donors (Lipinski definition) is 2. The SMILES string of the molecule is C[C@H]1CCCC[C@@H]1NC(=O)/C(C#N)=C/c1ccc(-c2ccc(C(=O)O)c(Cl)c2)o1. The van der Waals surface area contributed by atoms with E-state index >= 15 is 0 Å². The fraction of sp³-hybridized carbons (Fsp3) is 0.318. The van der Waals surface area contributed by atoms with Gasteiger partial charge in [-0.05, 0) is 43.0 Å². The van der Waals surface area contributed by atoms with Crippen LogP contribution in [0, 0.1) is 17.2 Å². The third kappa shape index (κ3) is 4.87. The summed E-state index contributed by atoms with van der Waals surface area (Å²) in [5.74, 6) is -0.323. The minimum atomic E-state index is -1.11. The lowest BCUT2D eigenvalue weighted by atomic mass is 9.86. The predicted octanol–water partition coefficient (Wildman–Crippen LogP) is 4.90. The Morgan fingerprint density at radius 2 is 2.03 bits per heavy atom. The number of nitrogens with one attached hydrogen (secondary N) is 1. The molecule has 0 bridgehead atoms. The van der Waals surface area contributed by atoms with E-state index in [0.29, 0.717) is 23.0 Å². The number of aromatic carboxylic acids is 1. The minimum absolute atomic E-state index is 0.00229. The van der Waals surface area contributed by atoms with Crippen molar-refractivity contribution < 1.29 is 19.1 Å². The van der Waals surface area contributed by atoms with Crippen LogP contribution >= 0.6 is 11.6 Å². The van der Waals surface area contributed by atoms with Crippen molar-refractivity contribution in [3.8, 4) is 17.4 Å². The summed E-state index contributed by atoms with van der Waals surface area (Å²) in [5, 5.41) is 21.5. The number of amides is 1. The lowest BCUT2D eigenvalue weighted by Gasteiger charge is -2.29. The molecule has 1 aliphatic carbocycles. The van der Waals surface area contributed by atoms with E-state index in [1.54, 1.807) is 18.2 Å². The van der Waals surface area contributed by atoms with Crippen molar-refractivity contribution in [2.75, 3.05) is 0 Å². The Labute approximate surface area is 173 Å². The van der Waals surface area contributed by atoms with Gasteiger partial charge in [-0.25, -0.2) is 4.79 Å². The smallest absolute Gasteiger partial charge is 0.337 e. The molecule has 0 aliphatic heterocycles. The minimum Gasteiger partial charge on any atom is -0.478 e. The van der Waals surface area contributed by atoms with E-state index in [1.165, 1.54) is 24.6 Å². The van der Waals surface area contributed by atoms with E-state index in [2.05, 4.69) is 12.2 Å². The number of nitriles is 1. The molecule has 1 aliphatic rings. The number of nitrogens with zero attached hydrogens (tertiary/aromatic N) is 1. The summed E-state index contributed by atoms with van der Waals surface area (Å²) >= 11 is 6.00. The average Bonchev–Trinajstić information content (AvgIpc) is 3.16. The largest absolute Gasteiger partial charge is 0.478 e. The molecule has 150 valence electrons. The highest BCUT2D eigenvalue weighted by Crippen LogP contribution is 2.28. The number of furan rings is 1. The number of halogens is 1. The molecule has 2 N–H and O–H groups in total. The van der Waals surface area contributed by atoms with Gasteiger partial charge in [-0.15, -0.1) is 0 Å². The Bertz CT molecular complexity index is 1000. The Hall–Kier alpha value is -3.04. The standard InChI is InChI=1S/C22H21ClN2O4/c1-13-4-2-3-5-19(13)25-21(26)15(12-24)10-16-7-9-20(29-16)14-6-8-17(22(27)28)18(23)11-14/h6-11,13,19H,2-5H2,1H3,(H,25,26)(H,27,28)/b15-10+/t13-,19-/m0/s1. The zero-order valence-corrected chi connectivity index (χ0v) is 16.7. The van der Waals surface area contributed by atoms with Crippen molar-refractivity contribution in [1.82, 2.24) is 5.32 Å². The van der Waals surface area contributed by atoms with Gasteiger partial charge in [0.05, 0.1) is 10.6 Å². The lowest BCUT2D eigenvalue weighted by molar-refractivity contribution is -0.118. The predicted molar refractivity (Wildman–Crippen MR) is 109 cm³/mol. The van der Waals surface area contributed by atoms with Crippen molar-refractivity contribution in [3.63, 3.8) is 0 Å². The van der Waals surface area contributed by atoms with E-state index in [0.717, 1.165) is 19.3 Å². The van der Waals surface area contributed by atoms with E-state index in [1.807, 2.05) is 6.07 Å². The molecule has 1 saturated carbocycles. The molecule has 1 aromatic heterocycles. The van der Waals surface area contributed by atoms with E-state index in [9.17, 15) is 14.9 Å². The Morgan fingerprint density at radius 3 is 2.69 bits per heavy atom. The first-order valence-electron chi connectivity index (χ1n) is 9.44. The van der Waals surface area contributed by atoms with Gasteiger partial charge in [0.2, 0.25) is 0 Å². The van der Waals surface area contributed by atoms with Crippen LogP contribution < -0.4 is 5.32 Å². The molecule has 0 unspecified atom stereocenters. The molecule has 6 nitrogen and oxygen atoms in total. The van der Waals surface area contributed by atoms with E-state index in [4.69, 9.17) is 21.1 Å². The molecule has 0 radical (unpaired) electrons. The number of hydrogen-bond acceptors (Lipinski definition) is 4. The Balaban J connectivity index is 1.77. The molecule has 2 aromatic rings. The molecule has 3 rings (SSSR count). The quantitative estimate of drug-likeness (QED) is 0.537. The average molecular weight is 413 g/mol. The van der Waals surface area contributed by atoms with Gasteiger partial charge >= 0.3 is 5.97 Å². The van der Waals surface area contributed by atoms with Crippen LogP contribution in [0.3, 0.4) is 0 Å². The molecule has 29 heavy (non-hydrogen) atoms. The monoisotopic (exact) mass is 412 g/mol. The second-order valence-electron chi connectivity index (χ2n) is 7.21. The first-order chi connectivity index (χ1) is 13.9. The van der Waals surface area contributed by atoms with Crippen molar-refractivity contribution >= 4 is 29.6 Å². The van der Waals surface area contributed by atoms with Gasteiger partial charge in [0, 0.05) is 17.7 Å². The molecule has 1 fully saturated rings. The molecular formula is C22H21ClN2O4. The number of rotatable bonds is 5. The molecule has 1 heterocycles. The highest BCUT2D eigenvalue weighted by atomic mass is 35.5. The number of carboxylic acid groups (broad SMARTS) is 1. The molecule has 2 atom stereocenters. The van der Waals surface area contributed by atoms with Crippen LogP contribution in [0.1, 0.15) is 48.7 Å². The summed E-state index contributed by atoms with van der Waals surface area (Å²) < 4.78 is 5.71. The van der Waals surface area contributed by atoms with Crippen LogP contribution in [0.5, 0.6) is 0 Å². The van der Waals surface area contributed by atoms with E-state index in [-0.39, 0.29) is 22.2 Å². The zero-order valence-electron chi connectivity index (χ0n) is 15.9. The Kier molecular flexibility index (Phi) is 6.40. The maximum absolute atomic E-state index is 12.5. The number of benzene rings is 1. The van der Waals surface area contributed by atoms with Gasteiger partial charge in [-0.3, -0.25) is 4.79 Å². The van der Waals surface area contributed by atoms with E-state index < -0.39 is 11.9 Å².